The molecule has 0 aliphatic rings. The zero-order chi connectivity index (χ0) is 12.1. The van der Waals surface area contributed by atoms with Gasteiger partial charge in [0.15, 0.2) is 6.10 Å². The third-order valence-electron chi connectivity index (χ3n) is 1.53. The molecule has 0 bridgehead atoms. The van der Waals surface area contributed by atoms with Gasteiger partial charge in [-0.25, -0.2) is 9.59 Å². The molecule has 84 valence electrons. The number of aliphatic hydroxyl groups excluding tert-OH is 1. The number of nitrogens with one attached hydrogen (secondary N) is 2. The lowest BCUT2D eigenvalue weighted by Gasteiger charge is -2.20. The standard InChI is InChI=1S/C9H14N2O4/c1-4-9(2,3)11-8(15)10-5-6(12)7(13)14/h1,6,12H,5H2,2-3H3,(H,13,14)(H2,10,11,15). The van der Waals surface area contributed by atoms with E-state index in [-0.39, 0.29) is 6.54 Å². The Morgan fingerprint density at radius 2 is 2.07 bits per heavy atom. The first kappa shape index (κ1) is 13.3. The number of aliphatic hydroxyl groups is 1. The molecule has 0 aromatic rings. The summed E-state index contributed by atoms with van der Waals surface area (Å²) in [5, 5.41) is 21.8. The molecule has 0 heterocycles. The predicted molar refractivity (Wildman–Crippen MR) is 53.1 cm³/mol. The third-order valence-corrected chi connectivity index (χ3v) is 1.53. The molecule has 0 aromatic heterocycles. The number of aliphatic carboxylic acids is 1. The molecule has 6 heteroatoms. The molecule has 0 aliphatic carbocycles. The van der Waals surface area contributed by atoms with E-state index in [9.17, 15) is 9.59 Å². The highest BCUT2D eigenvalue weighted by atomic mass is 16.4. The minimum absolute atomic E-state index is 0.373. The third kappa shape index (κ3) is 5.54. The predicted octanol–water partition coefficient (Wildman–Crippen LogP) is -0.857. The van der Waals surface area contributed by atoms with Crippen molar-refractivity contribution in [3.8, 4) is 12.3 Å². The van der Waals surface area contributed by atoms with Crippen LogP contribution in [0.4, 0.5) is 4.79 Å². The Morgan fingerprint density at radius 3 is 2.47 bits per heavy atom. The van der Waals surface area contributed by atoms with Crippen molar-refractivity contribution in [2.24, 2.45) is 0 Å². The van der Waals surface area contributed by atoms with E-state index in [4.69, 9.17) is 16.6 Å². The number of amides is 2. The highest BCUT2D eigenvalue weighted by molar-refractivity contribution is 5.77. The Kier molecular flexibility index (Phi) is 4.61. The molecule has 0 fully saturated rings. The Hall–Kier alpha value is -1.74. The number of rotatable bonds is 4. The number of carboxylic acid groups (broad SMARTS) is 1. The fraction of sp³-hybridized carbons (Fsp3) is 0.556. The average Bonchev–Trinajstić information content (AvgIpc) is 2.13. The van der Waals surface area contributed by atoms with Gasteiger partial charge in [-0.3, -0.25) is 0 Å². The number of hydrogen-bond donors (Lipinski definition) is 4. The normalized spacial score (nSPS) is 12.4. The number of carbonyl (C=O) groups is 2. The summed E-state index contributed by atoms with van der Waals surface area (Å²) < 4.78 is 0. The smallest absolute Gasteiger partial charge is 0.334 e. The van der Waals surface area contributed by atoms with Crippen molar-refractivity contribution in [1.29, 1.82) is 0 Å². The maximum absolute atomic E-state index is 11.1. The summed E-state index contributed by atoms with van der Waals surface area (Å²) >= 11 is 0. The lowest BCUT2D eigenvalue weighted by molar-refractivity contribution is -0.146. The number of terminal acetylenes is 1. The molecule has 0 aliphatic heterocycles. The largest absolute Gasteiger partial charge is 0.479 e. The monoisotopic (exact) mass is 214 g/mol. The number of urea groups is 1. The van der Waals surface area contributed by atoms with Crippen LogP contribution < -0.4 is 10.6 Å². The van der Waals surface area contributed by atoms with Gasteiger partial charge in [-0.1, -0.05) is 5.92 Å². The molecule has 1 unspecified atom stereocenters. The summed E-state index contributed by atoms with van der Waals surface area (Å²) in [6.45, 7) is 2.85. The van der Waals surface area contributed by atoms with Crippen LogP contribution in [0, 0.1) is 12.3 Å². The first-order chi connectivity index (χ1) is 6.78. The molecule has 0 spiro atoms. The molecular formula is C9H14N2O4. The number of carbonyl (C=O) groups excluding carboxylic acids is 1. The highest BCUT2D eigenvalue weighted by Crippen LogP contribution is 1.97. The maximum Gasteiger partial charge on any atom is 0.334 e. The van der Waals surface area contributed by atoms with Crippen LogP contribution in [0.3, 0.4) is 0 Å². The van der Waals surface area contributed by atoms with Gasteiger partial charge in [-0.05, 0) is 13.8 Å². The van der Waals surface area contributed by atoms with E-state index in [0.29, 0.717) is 0 Å². The van der Waals surface area contributed by atoms with Crippen LogP contribution >= 0.6 is 0 Å². The fourth-order valence-corrected chi connectivity index (χ4v) is 0.641. The lowest BCUT2D eigenvalue weighted by Crippen LogP contribution is -2.49. The van der Waals surface area contributed by atoms with Crippen molar-refractivity contribution in [1.82, 2.24) is 10.6 Å². The zero-order valence-electron chi connectivity index (χ0n) is 8.57. The minimum atomic E-state index is -1.62. The van der Waals surface area contributed by atoms with Gasteiger partial charge in [0.2, 0.25) is 0 Å². The first-order valence-electron chi connectivity index (χ1n) is 4.23. The van der Waals surface area contributed by atoms with Gasteiger partial charge in [0.05, 0.1) is 12.1 Å². The molecule has 4 N–H and O–H groups in total. The summed E-state index contributed by atoms with van der Waals surface area (Å²) in [6.07, 6.45) is 3.50. The second-order valence-electron chi connectivity index (χ2n) is 3.46. The van der Waals surface area contributed by atoms with Crippen molar-refractivity contribution in [2.45, 2.75) is 25.5 Å². The molecular weight excluding hydrogens is 200 g/mol. The van der Waals surface area contributed by atoms with Crippen LogP contribution in [0.1, 0.15) is 13.8 Å². The minimum Gasteiger partial charge on any atom is -0.479 e. The topological polar surface area (TPSA) is 98.7 Å². The number of carboxylic acids is 1. The second-order valence-corrected chi connectivity index (χ2v) is 3.46. The number of hydrogen-bond acceptors (Lipinski definition) is 3. The molecule has 2 amide bonds. The van der Waals surface area contributed by atoms with E-state index in [0.717, 1.165) is 0 Å². The Labute approximate surface area is 87.7 Å². The molecule has 0 radical (unpaired) electrons. The van der Waals surface area contributed by atoms with E-state index in [2.05, 4.69) is 16.6 Å². The van der Waals surface area contributed by atoms with Crippen LogP contribution in [-0.4, -0.2) is 40.4 Å². The van der Waals surface area contributed by atoms with Crippen molar-refractivity contribution >= 4 is 12.0 Å². The fourth-order valence-electron chi connectivity index (χ4n) is 0.641. The lowest BCUT2D eigenvalue weighted by atomic mass is 10.1. The van der Waals surface area contributed by atoms with Crippen LogP contribution in [-0.2, 0) is 4.79 Å². The molecule has 0 rings (SSSR count). The van der Waals surface area contributed by atoms with Crippen molar-refractivity contribution < 1.29 is 19.8 Å². The van der Waals surface area contributed by atoms with Crippen LogP contribution in [0.25, 0.3) is 0 Å². The molecule has 0 aromatic carbocycles. The summed E-state index contributed by atoms with van der Waals surface area (Å²) in [5.41, 5.74) is -0.821. The summed E-state index contributed by atoms with van der Waals surface area (Å²) in [4.78, 5) is 21.3. The van der Waals surface area contributed by atoms with Gasteiger partial charge < -0.3 is 20.8 Å². The van der Waals surface area contributed by atoms with Crippen molar-refractivity contribution in [3.05, 3.63) is 0 Å². The quantitative estimate of drug-likeness (QED) is 0.458. The molecule has 1 atom stereocenters. The molecule has 15 heavy (non-hydrogen) atoms. The van der Waals surface area contributed by atoms with E-state index >= 15 is 0 Å². The van der Waals surface area contributed by atoms with Gasteiger partial charge in [0, 0.05) is 0 Å². The van der Waals surface area contributed by atoms with E-state index < -0.39 is 23.6 Å². The summed E-state index contributed by atoms with van der Waals surface area (Å²) in [5.74, 6) is 0.935. The molecule has 0 saturated heterocycles. The summed E-state index contributed by atoms with van der Waals surface area (Å²) in [6, 6.07) is -0.627. The maximum atomic E-state index is 11.1. The van der Waals surface area contributed by atoms with E-state index in [1.54, 1.807) is 13.8 Å². The average molecular weight is 214 g/mol. The van der Waals surface area contributed by atoms with Gasteiger partial charge in [0.1, 0.15) is 0 Å². The van der Waals surface area contributed by atoms with Crippen LogP contribution in [0.15, 0.2) is 0 Å². The van der Waals surface area contributed by atoms with Gasteiger partial charge in [-0.15, -0.1) is 6.42 Å². The van der Waals surface area contributed by atoms with E-state index in [1.165, 1.54) is 0 Å². The van der Waals surface area contributed by atoms with E-state index in [1.807, 2.05) is 0 Å². The van der Waals surface area contributed by atoms with Crippen molar-refractivity contribution in [3.63, 3.8) is 0 Å². The SMILES string of the molecule is C#CC(C)(C)NC(=O)NCC(O)C(=O)O. The van der Waals surface area contributed by atoms with Crippen LogP contribution in [0.2, 0.25) is 0 Å². The molecule has 6 nitrogen and oxygen atoms in total. The Morgan fingerprint density at radius 1 is 1.53 bits per heavy atom. The van der Waals surface area contributed by atoms with Crippen LogP contribution in [0.5, 0.6) is 0 Å². The summed E-state index contributed by atoms with van der Waals surface area (Å²) in [7, 11) is 0. The van der Waals surface area contributed by atoms with Crippen molar-refractivity contribution in [2.75, 3.05) is 6.54 Å². The Bertz CT molecular complexity index is 293. The second kappa shape index (κ2) is 5.22. The first-order valence-corrected chi connectivity index (χ1v) is 4.23. The molecule has 0 saturated carbocycles. The van der Waals surface area contributed by atoms with Gasteiger partial charge in [-0.2, -0.15) is 0 Å². The highest BCUT2D eigenvalue weighted by Gasteiger charge is 2.18. The Balaban J connectivity index is 3.97. The zero-order valence-corrected chi connectivity index (χ0v) is 8.57. The van der Waals surface area contributed by atoms with Gasteiger partial charge >= 0.3 is 12.0 Å². The van der Waals surface area contributed by atoms with Gasteiger partial charge in [0.25, 0.3) is 0 Å².